The van der Waals surface area contributed by atoms with Gasteiger partial charge in [0.05, 0.1) is 27.9 Å². The van der Waals surface area contributed by atoms with Crippen molar-refractivity contribution < 1.29 is 9.53 Å². The molecule has 0 amide bonds. The minimum Gasteiger partial charge on any atom is -0.407 e. The summed E-state index contributed by atoms with van der Waals surface area (Å²) in [4.78, 5) is 21.8. The summed E-state index contributed by atoms with van der Waals surface area (Å²) >= 11 is 1.53. The molecule has 2 atom stereocenters. The number of esters is 1. The van der Waals surface area contributed by atoms with Crippen LogP contribution in [0.3, 0.4) is 0 Å². The van der Waals surface area contributed by atoms with Crippen molar-refractivity contribution in [3.8, 4) is 5.88 Å². The van der Waals surface area contributed by atoms with Crippen molar-refractivity contribution in [1.82, 2.24) is 9.97 Å². The lowest BCUT2D eigenvalue weighted by Crippen LogP contribution is -2.47. The van der Waals surface area contributed by atoms with Gasteiger partial charge in [0.2, 0.25) is 5.88 Å². The van der Waals surface area contributed by atoms with E-state index in [-0.39, 0.29) is 18.3 Å². The van der Waals surface area contributed by atoms with Crippen LogP contribution in [0.25, 0.3) is 10.2 Å². The first-order valence-corrected chi connectivity index (χ1v) is 11.4. The number of nitrogens with zero attached hydrogens (tertiary/aromatic N) is 2. The van der Waals surface area contributed by atoms with Gasteiger partial charge in [-0.1, -0.05) is 23.8 Å². The molecule has 2 aliphatic carbocycles. The van der Waals surface area contributed by atoms with Crippen molar-refractivity contribution in [2.45, 2.75) is 45.6 Å². The molecular weight excluding hydrogens is 406 g/mol. The standard InChI is InChI=1S/C25H25N3O2S/c1-4-17-16-9-15(3)13-25(17,26)18-6-8-22(27-20(18)11-16)30-24(29)12-23-28-19-7-5-14(2)10-21(19)31-23/h4-10,16H,11-13,26H2,1-3H3/b17-4+/t16-,25?/m1/s1. The number of carbonyl (C=O) groups is 1. The fraction of sp³-hybridized carbons (Fsp3) is 0.320. The van der Waals surface area contributed by atoms with Crippen LogP contribution in [-0.2, 0) is 23.2 Å². The van der Waals surface area contributed by atoms with Crippen molar-refractivity contribution in [3.63, 3.8) is 0 Å². The number of aromatic nitrogens is 2. The predicted octanol–water partition coefficient (Wildman–Crippen LogP) is 4.77. The molecule has 158 valence electrons. The Morgan fingerprint density at radius 3 is 2.94 bits per heavy atom. The third-order valence-corrected chi connectivity index (χ3v) is 7.23. The number of hydrogen-bond donors (Lipinski definition) is 1. The van der Waals surface area contributed by atoms with Gasteiger partial charge in [-0.05, 0) is 62.1 Å². The molecule has 1 unspecified atom stereocenters. The van der Waals surface area contributed by atoms with E-state index in [1.807, 2.05) is 25.1 Å². The van der Waals surface area contributed by atoms with Gasteiger partial charge in [0.15, 0.2) is 0 Å². The van der Waals surface area contributed by atoms with Crippen LogP contribution in [0.1, 0.15) is 42.1 Å². The number of aryl methyl sites for hydroxylation is 1. The highest BCUT2D eigenvalue weighted by molar-refractivity contribution is 7.18. The Labute approximate surface area is 185 Å². The van der Waals surface area contributed by atoms with E-state index in [2.05, 4.69) is 42.0 Å². The third-order valence-electron chi connectivity index (χ3n) is 6.21. The number of pyridine rings is 1. The summed E-state index contributed by atoms with van der Waals surface area (Å²) < 4.78 is 6.66. The highest BCUT2D eigenvalue weighted by Crippen LogP contribution is 2.48. The molecule has 0 spiro atoms. The normalized spacial score (nSPS) is 23.5. The molecule has 2 bridgehead atoms. The van der Waals surface area contributed by atoms with E-state index in [1.54, 1.807) is 6.07 Å². The lowest BCUT2D eigenvalue weighted by Gasteiger charge is -2.45. The molecule has 2 aliphatic rings. The lowest BCUT2D eigenvalue weighted by molar-refractivity contribution is -0.133. The van der Waals surface area contributed by atoms with E-state index >= 15 is 0 Å². The number of rotatable bonds is 3. The maximum atomic E-state index is 12.6. The smallest absolute Gasteiger partial charge is 0.319 e. The summed E-state index contributed by atoms with van der Waals surface area (Å²) in [5.41, 5.74) is 13.0. The van der Waals surface area contributed by atoms with Crippen LogP contribution in [0.5, 0.6) is 5.88 Å². The van der Waals surface area contributed by atoms with Gasteiger partial charge in [-0.2, -0.15) is 0 Å². The zero-order valence-corrected chi connectivity index (χ0v) is 18.8. The van der Waals surface area contributed by atoms with Crippen molar-refractivity contribution in [3.05, 3.63) is 75.5 Å². The monoisotopic (exact) mass is 431 g/mol. The van der Waals surface area contributed by atoms with E-state index in [9.17, 15) is 4.79 Å². The average molecular weight is 432 g/mol. The second kappa shape index (κ2) is 7.39. The van der Waals surface area contributed by atoms with Gasteiger partial charge in [-0.25, -0.2) is 9.97 Å². The topological polar surface area (TPSA) is 78.1 Å². The number of thiazole rings is 1. The number of hydrogen-bond acceptors (Lipinski definition) is 6. The zero-order valence-electron chi connectivity index (χ0n) is 17.9. The van der Waals surface area contributed by atoms with Gasteiger partial charge < -0.3 is 10.5 Å². The van der Waals surface area contributed by atoms with E-state index in [4.69, 9.17) is 10.5 Å². The molecule has 0 saturated heterocycles. The number of nitrogens with two attached hydrogens (primary N) is 1. The van der Waals surface area contributed by atoms with E-state index in [1.165, 1.54) is 28.0 Å². The number of benzene rings is 1. The van der Waals surface area contributed by atoms with Crippen LogP contribution in [0.4, 0.5) is 0 Å². The largest absolute Gasteiger partial charge is 0.407 e. The molecular formula is C25H25N3O2S. The van der Waals surface area contributed by atoms with Gasteiger partial charge in [0.25, 0.3) is 0 Å². The minimum absolute atomic E-state index is 0.130. The minimum atomic E-state index is -0.527. The molecule has 0 saturated carbocycles. The van der Waals surface area contributed by atoms with E-state index in [0.29, 0.717) is 5.88 Å². The van der Waals surface area contributed by atoms with Crippen LogP contribution in [-0.4, -0.2) is 15.9 Å². The van der Waals surface area contributed by atoms with Gasteiger partial charge in [-0.15, -0.1) is 11.3 Å². The van der Waals surface area contributed by atoms with Crippen molar-refractivity contribution in [1.29, 1.82) is 0 Å². The molecule has 0 fully saturated rings. The molecule has 6 heteroatoms. The fourth-order valence-electron chi connectivity index (χ4n) is 5.00. The van der Waals surface area contributed by atoms with Gasteiger partial charge in [0.1, 0.15) is 5.01 Å². The number of carbonyl (C=O) groups excluding carboxylic acids is 1. The lowest BCUT2D eigenvalue weighted by atomic mass is 9.63. The molecule has 3 aromatic rings. The quantitative estimate of drug-likeness (QED) is 0.477. The summed E-state index contributed by atoms with van der Waals surface area (Å²) in [6.45, 7) is 6.24. The first-order valence-electron chi connectivity index (χ1n) is 10.6. The molecule has 2 heterocycles. The zero-order chi connectivity index (χ0) is 21.8. The second-order valence-corrected chi connectivity index (χ2v) is 9.70. The van der Waals surface area contributed by atoms with E-state index < -0.39 is 5.54 Å². The van der Waals surface area contributed by atoms with Gasteiger partial charge in [-0.3, -0.25) is 4.79 Å². The van der Waals surface area contributed by atoms with E-state index in [0.717, 1.165) is 39.3 Å². The predicted molar refractivity (Wildman–Crippen MR) is 123 cm³/mol. The van der Waals surface area contributed by atoms with Gasteiger partial charge in [0, 0.05) is 18.4 Å². The Bertz CT molecular complexity index is 1270. The Balaban J connectivity index is 1.37. The van der Waals surface area contributed by atoms with Crippen LogP contribution in [0.2, 0.25) is 0 Å². The average Bonchev–Trinajstić information content (AvgIpc) is 3.08. The molecule has 5 rings (SSSR count). The first-order chi connectivity index (χ1) is 14.9. The highest BCUT2D eigenvalue weighted by atomic mass is 32.1. The first kappa shape index (κ1) is 20.1. The molecule has 31 heavy (non-hydrogen) atoms. The van der Waals surface area contributed by atoms with Crippen molar-refractivity contribution in [2.75, 3.05) is 0 Å². The fourth-order valence-corrected chi connectivity index (χ4v) is 6.05. The van der Waals surface area contributed by atoms with Crippen molar-refractivity contribution >= 4 is 27.5 Å². The Morgan fingerprint density at radius 2 is 2.13 bits per heavy atom. The SMILES string of the molecule is C/C=C1\[C@@H]2C=C(C)CC1(N)c1ccc(OC(=O)Cc3nc4ccc(C)cc4s3)nc1C2. The van der Waals surface area contributed by atoms with Crippen LogP contribution < -0.4 is 10.5 Å². The summed E-state index contributed by atoms with van der Waals surface area (Å²) in [5.74, 6) is 0.222. The highest BCUT2D eigenvalue weighted by Gasteiger charge is 2.44. The Morgan fingerprint density at radius 1 is 1.29 bits per heavy atom. The third kappa shape index (κ3) is 3.50. The molecule has 0 radical (unpaired) electrons. The number of ether oxygens (including phenoxy) is 1. The Kier molecular flexibility index (Phi) is 4.79. The molecule has 2 aromatic heterocycles. The molecule has 2 N–H and O–H groups in total. The maximum absolute atomic E-state index is 12.6. The summed E-state index contributed by atoms with van der Waals surface area (Å²) in [7, 11) is 0. The van der Waals surface area contributed by atoms with Crippen molar-refractivity contribution in [2.24, 2.45) is 11.7 Å². The maximum Gasteiger partial charge on any atom is 0.319 e. The summed E-state index contributed by atoms with van der Waals surface area (Å²) in [6.07, 6.45) is 6.12. The van der Waals surface area contributed by atoms with Crippen LogP contribution >= 0.6 is 11.3 Å². The van der Waals surface area contributed by atoms with Crippen LogP contribution in [0.15, 0.2) is 53.6 Å². The molecule has 0 aliphatic heterocycles. The molecule has 1 aromatic carbocycles. The molecule has 5 nitrogen and oxygen atoms in total. The second-order valence-electron chi connectivity index (χ2n) is 8.59. The Hall–Kier alpha value is -2.83. The van der Waals surface area contributed by atoms with Gasteiger partial charge >= 0.3 is 5.97 Å². The number of fused-ring (bicyclic) bond motifs is 5. The number of allylic oxidation sites excluding steroid dienone is 2. The van der Waals surface area contributed by atoms with Crippen LogP contribution in [0, 0.1) is 12.8 Å². The summed E-state index contributed by atoms with van der Waals surface area (Å²) in [5, 5.41) is 0.748. The summed E-state index contributed by atoms with van der Waals surface area (Å²) in [6, 6.07) is 9.83.